The molecule has 3 aromatic carbocycles. The van der Waals surface area contributed by atoms with Crippen LogP contribution < -0.4 is 4.83 Å². The summed E-state index contributed by atoms with van der Waals surface area (Å²) in [6.45, 7) is 3.91. The average Bonchev–Trinajstić information content (AvgIpc) is 2.75. The van der Waals surface area contributed by atoms with Gasteiger partial charge < -0.3 is 0 Å². The molecule has 0 aromatic heterocycles. The summed E-state index contributed by atoms with van der Waals surface area (Å²) < 4.78 is 25.3. The molecule has 1 N–H and O–H groups in total. The second kappa shape index (κ2) is 8.87. The van der Waals surface area contributed by atoms with Gasteiger partial charge in [0.05, 0.1) is 15.5 Å². The summed E-state index contributed by atoms with van der Waals surface area (Å²) in [5.41, 5.74) is 3.62. The fourth-order valence-corrected chi connectivity index (χ4v) is 3.62. The highest BCUT2D eigenvalue weighted by molar-refractivity contribution is 7.89. The van der Waals surface area contributed by atoms with E-state index in [-0.39, 0.29) is 10.6 Å². The number of nitrogens with zero attached hydrogens (tertiary/aromatic N) is 2. The van der Waals surface area contributed by atoms with Gasteiger partial charge in [0.2, 0.25) is 0 Å². The summed E-state index contributed by atoms with van der Waals surface area (Å²) >= 11 is 0. The SMILES string of the molecule is CCc1ccc(/C(=N/NS(=O)(=O)c2ccc(C)cc2)c2ccc([N+](=O)[O-])cc2)cc1. The molecule has 0 aliphatic heterocycles. The maximum absolute atomic E-state index is 12.6. The standard InChI is InChI=1S/C22H21N3O4S/c1-3-17-6-8-18(9-7-17)22(19-10-12-20(13-11-19)25(26)27)23-24-30(28,29)21-14-4-16(2)5-15-21/h4-15,24H,3H2,1-2H3/b23-22-. The number of hydrogen-bond acceptors (Lipinski definition) is 5. The largest absolute Gasteiger partial charge is 0.276 e. The first-order valence-corrected chi connectivity index (χ1v) is 10.8. The highest BCUT2D eigenvalue weighted by Crippen LogP contribution is 2.18. The Morgan fingerprint density at radius 2 is 1.47 bits per heavy atom. The number of aryl methyl sites for hydroxylation is 2. The summed E-state index contributed by atoms with van der Waals surface area (Å²) in [5, 5.41) is 15.1. The van der Waals surface area contributed by atoms with Gasteiger partial charge in [0.15, 0.2) is 0 Å². The van der Waals surface area contributed by atoms with Crippen LogP contribution >= 0.6 is 0 Å². The Morgan fingerprint density at radius 3 is 1.97 bits per heavy atom. The summed E-state index contributed by atoms with van der Waals surface area (Å²) in [7, 11) is -3.87. The number of benzene rings is 3. The van der Waals surface area contributed by atoms with Gasteiger partial charge in [-0.3, -0.25) is 10.1 Å². The fraction of sp³-hybridized carbons (Fsp3) is 0.136. The predicted octanol–water partition coefficient (Wildman–Crippen LogP) is 4.20. The monoisotopic (exact) mass is 423 g/mol. The Bertz CT molecular complexity index is 1170. The Hall–Kier alpha value is -3.52. The zero-order valence-corrected chi connectivity index (χ0v) is 17.4. The molecule has 0 atom stereocenters. The zero-order chi connectivity index (χ0) is 21.7. The highest BCUT2D eigenvalue weighted by atomic mass is 32.2. The lowest BCUT2D eigenvalue weighted by Crippen LogP contribution is -2.21. The van der Waals surface area contributed by atoms with Crippen LogP contribution in [0.15, 0.2) is 82.8 Å². The Morgan fingerprint density at radius 1 is 0.933 bits per heavy atom. The fourth-order valence-electron chi connectivity index (χ4n) is 2.81. The van der Waals surface area contributed by atoms with Crippen molar-refractivity contribution in [2.45, 2.75) is 25.2 Å². The maximum atomic E-state index is 12.6. The first-order valence-electron chi connectivity index (χ1n) is 9.30. The molecule has 0 unspecified atom stereocenters. The molecular formula is C22H21N3O4S. The van der Waals surface area contributed by atoms with Crippen LogP contribution in [0.2, 0.25) is 0 Å². The molecule has 0 aliphatic rings. The molecule has 154 valence electrons. The molecule has 0 aliphatic carbocycles. The van der Waals surface area contributed by atoms with Crippen molar-refractivity contribution in [3.05, 3.63) is 105 Å². The molecule has 30 heavy (non-hydrogen) atoms. The Balaban J connectivity index is 2.01. The van der Waals surface area contributed by atoms with Crippen LogP contribution in [0.5, 0.6) is 0 Å². The lowest BCUT2D eigenvalue weighted by atomic mass is 10.0. The van der Waals surface area contributed by atoms with Crippen molar-refractivity contribution in [1.29, 1.82) is 0 Å². The van der Waals surface area contributed by atoms with Crippen molar-refractivity contribution >= 4 is 21.4 Å². The van der Waals surface area contributed by atoms with E-state index in [9.17, 15) is 18.5 Å². The van der Waals surface area contributed by atoms with Gasteiger partial charge in [-0.1, -0.05) is 48.9 Å². The molecule has 8 heteroatoms. The minimum Gasteiger partial charge on any atom is -0.258 e. The van der Waals surface area contributed by atoms with Crippen molar-refractivity contribution in [2.24, 2.45) is 5.10 Å². The topological polar surface area (TPSA) is 102 Å². The summed E-state index contributed by atoms with van der Waals surface area (Å²) in [5.74, 6) is 0. The van der Waals surface area contributed by atoms with E-state index in [1.165, 1.54) is 24.3 Å². The van der Waals surface area contributed by atoms with E-state index in [4.69, 9.17) is 0 Å². The molecule has 0 fully saturated rings. The van der Waals surface area contributed by atoms with Crippen molar-refractivity contribution in [2.75, 3.05) is 0 Å². The molecule has 0 bridgehead atoms. The molecule has 7 nitrogen and oxygen atoms in total. The van der Waals surface area contributed by atoms with Gasteiger partial charge in [0.1, 0.15) is 0 Å². The third kappa shape index (κ3) is 4.90. The quantitative estimate of drug-likeness (QED) is 0.350. The number of rotatable bonds is 7. The molecule has 0 saturated carbocycles. The third-order valence-corrected chi connectivity index (χ3v) is 5.82. The van der Waals surface area contributed by atoms with Crippen molar-refractivity contribution in [3.63, 3.8) is 0 Å². The normalized spacial score (nSPS) is 11.9. The number of non-ortho nitro benzene ring substituents is 1. The van der Waals surface area contributed by atoms with E-state index < -0.39 is 14.9 Å². The van der Waals surface area contributed by atoms with Gasteiger partial charge in [-0.15, -0.1) is 0 Å². The Labute approximate surface area is 175 Å². The second-order valence-electron chi connectivity index (χ2n) is 6.72. The number of nitro benzene ring substituents is 1. The van der Waals surface area contributed by atoms with E-state index in [2.05, 4.69) is 9.93 Å². The van der Waals surface area contributed by atoms with Crippen LogP contribution in [0, 0.1) is 17.0 Å². The number of hydrogen-bond donors (Lipinski definition) is 1. The third-order valence-electron chi connectivity index (χ3n) is 4.60. The zero-order valence-electron chi connectivity index (χ0n) is 16.6. The van der Waals surface area contributed by atoms with Gasteiger partial charge in [-0.25, -0.2) is 0 Å². The lowest BCUT2D eigenvalue weighted by molar-refractivity contribution is -0.384. The average molecular weight is 423 g/mol. The Kier molecular flexibility index (Phi) is 6.27. The van der Waals surface area contributed by atoms with E-state index in [0.29, 0.717) is 16.8 Å². The summed E-state index contributed by atoms with van der Waals surface area (Å²) in [4.78, 5) is 12.8. The van der Waals surface area contributed by atoms with E-state index in [1.54, 1.807) is 24.3 Å². The van der Waals surface area contributed by atoms with Crippen molar-refractivity contribution < 1.29 is 13.3 Å². The molecule has 0 amide bonds. The molecule has 0 heterocycles. The van der Waals surface area contributed by atoms with E-state index in [1.807, 2.05) is 38.1 Å². The number of nitro groups is 1. The van der Waals surface area contributed by atoms with Crippen LogP contribution in [0.1, 0.15) is 29.2 Å². The number of sulfonamides is 1. The first-order chi connectivity index (χ1) is 14.3. The highest BCUT2D eigenvalue weighted by Gasteiger charge is 2.15. The summed E-state index contributed by atoms with van der Waals surface area (Å²) in [6, 6.07) is 19.8. The molecule has 0 saturated heterocycles. The van der Waals surface area contributed by atoms with Gasteiger partial charge in [-0.2, -0.15) is 18.4 Å². The van der Waals surface area contributed by atoms with E-state index >= 15 is 0 Å². The maximum Gasteiger partial charge on any atom is 0.276 e. The molecular weight excluding hydrogens is 402 g/mol. The van der Waals surface area contributed by atoms with Gasteiger partial charge in [0.25, 0.3) is 15.7 Å². The smallest absolute Gasteiger partial charge is 0.258 e. The van der Waals surface area contributed by atoms with Crippen LogP contribution in [0.4, 0.5) is 5.69 Å². The van der Waals surface area contributed by atoms with Crippen LogP contribution in [-0.2, 0) is 16.4 Å². The second-order valence-corrected chi connectivity index (χ2v) is 8.38. The molecule has 3 aromatic rings. The molecule has 0 radical (unpaired) electrons. The van der Waals surface area contributed by atoms with Crippen LogP contribution in [0.25, 0.3) is 0 Å². The van der Waals surface area contributed by atoms with Crippen molar-refractivity contribution in [3.8, 4) is 0 Å². The summed E-state index contributed by atoms with van der Waals surface area (Å²) in [6.07, 6.45) is 0.865. The number of hydrazone groups is 1. The van der Waals surface area contributed by atoms with Gasteiger partial charge >= 0.3 is 0 Å². The van der Waals surface area contributed by atoms with E-state index in [0.717, 1.165) is 17.5 Å². The lowest BCUT2D eigenvalue weighted by Gasteiger charge is -2.10. The van der Waals surface area contributed by atoms with Gasteiger partial charge in [0, 0.05) is 23.3 Å². The minimum atomic E-state index is -3.87. The van der Waals surface area contributed by atoms with Gasteiger partial charge in [-0.05, 0) is 43.2 Å². The predicted molar refractivity (Wildman–Crippen MR) is 116 cm³/mol. The van der Waals surface area contributed by atoms with Crippen molar-refractivity contribution in [1.82, 2.24) is 4.83 Å². The molecule has 0 spiro atoms. The number of nitrogens with one attached hydrogen (secondary N) is 1. The first kappa shape index (κ1) is 21.2. The van der Waals surface area contributed by atoms with Crippen LogP contribution in [0.3, 0.4) is 0 Å². The van der Waals surface area contributed by atoms with Crippen LogP contribution in [-0.4, -0.2) is 19.1 Å². The molecule has 3 rings (SSSR count). The minimum absolute atomic E-state index is 0.0559.